The Morgan fingerprint density at radius 3 is 2.33 bits per heavy atom. The van der Waals surface area contributed by atoms with E-state index in [1.807, 2.05) is 0 Å². The van der Waals surface area contributed by atoms with E-state index in [-0.39, 0.29) is 17.3 Å². The van der Waals surface area contributed by atoms with E-state index >= 15 is 0 Å². The molecule has 18 heavy (non-hydrogen) atoms. The Labute approximate surface area is 107 Å². The van der Waals surface area contributed by atoms with Gasteiger partial charge >= 0.3 is 0 Å². The fraction of sp³-hybridized carbons (Fsp3) is 0.417. The first-order chi connectivity index (χ1) is 8.36. The van der Waals surface area contributed by atoms with Gasteiger partial charge in [-0.1, -0.05) is 0 Å². The molecule has 1 aromatic rings. The number of rotatable bonds is 4. The van der Waals surface area contributed by atoms with Crippen molar-refractivity contribution in [2.24, 2.45) is 0 Å². The van der Waals surface area contributed by atoms with Gasteiger partial charge in [-0.15, -0.1) is 0 Å². The number of hydrogen-bond donors (Lipinski definition) is 0. The van der Waals surface area contributed by atoms with E-state index in [4.69, 9.17) is 5.26 Å². The fourth-order valence-corrected chi connectivity index (χ4v) is 2.54. The van der Waals surface area contributed by atoms with Crippen LogP contribution in [-0.2, 0) is 10.8 Å². The number of benzene rings is 1. The first-order valence-corrected chi connectivity index (χ1v) is 7.01. The molecule has 0 aliphatic heterocycles. The van der Waals surface area contributed by atoms with Crippen molar-refractivity contribution in [1.29, 1.82) is 5.26 Å². The van der Waals surface area contributed by atoms with Crippen LogP contribution in [0.5, 0.6) is 0 Å². The second kappa shape index (κ2) is 5.91. The van der Waals surface area contributed by atoms with Gasteiger partial charge in [0.05, 0.1) is 11.6 Å². The lowest BCUT2D eigenvalue weighted by Gasteiger charge is -2.27. The predicted molar refractivity (Wildman–Crippen MR) is 67.9 cm³/mol. The van der Waals surface area contributed by atoms with Gasteiger partial charge in [-0.05, 0) is 19.1 Å². The van der Waals surface area contributed by atoms with Gasteiger partial charge < -0.3 is 4.90 Å². The quantitative estimate of drug-likeness (QED) is 0.842. The molecule has 2 atom stereocenters. The van der Waals surface area contributed by atoms with Crippen LogP contribution in [0.3, 0.4) is 0 Å². The molecule has 0 aliphatic carbocycles. The van der Waals surface area contributed by atoms with E-state index in [0.29, 0.717) is 5.75 Å². The van der Waals surface area contributed by atoms with E-state index in [0.717, 1.165) is 12.1 Å². The van der Waals surface area contributed by atoms with Gasteiger partial charge in [-0.2, -0.15) is 5.26 Å². The standard InChI is InChI=1S/C12H14F2N2OS/c1-8(7-18(3)17)16(2)12-10(13)4-9(6-15)5-11(12)14/h4-5,8H,7H2,1-3H3/t8-,18-/m0/s1. The van der Waals surface area contributed by atoms with Crippen molar-refractivity contribution in [3.63, 3.8) is 0 Å². The van der Waals surface area contributed by atoms with E-state index in [1.54, 1.807) is 13.0 Å². The molecule has 0 aromatic heterocycles. The molecule has 0 N–H and O–H groups in total. The third-order valence-corrected chi connectivity index (χ3v) is 3.59. The first-order valence-electron chi connectivity index (χ1n) is 5.28. The molecule has 0 amide bonds. The fourth-order valence-electron chi connectivity index (χ4n) is 1.64. The highest BCUT2D eigenvalue weighted by atomic mass is 32.2. The second-order valence-electron chi connectivity index (χ2n) is 4.10. The Bertz CT molecular complexity index is 490. The van der Waals surface area contributed by atoms with Crippen LogP contribution in [0.4, 0.5) is 14.5 Å². The van der Waals surface area contributed by atoms with Crippen molar-refractivity contribution in [3.8, 4) is 6.07 Å². The van der Waals surface area contributed by atoms with Gasteiger partial charge in [0.2, 0.25) is 0 Å². The second-order valence-corrected chi connectivity index (χ2v) is 5.58. The highest BCUT2D eigenvalue weighted by Crippen LogP contribution is 2.25. The maximum absolute atomic E-state index is 13.7. The average molecular weight is 272 g/mol. The molecule has 0 heterocycles. The molecule has 0 bridgehead atoms. The Morgan fingerprint density at radius 1 is 1.44 bits per heavy atom. The summed E-state index contributed by atoms with van der Waals surface area (Å²) in [7, 11) is 0.485. The molecule has 0 saturated carbocycles. The SMILES string of the molecule is C[C@@H](C[S@](C)=O)N(C)c1c(F)cc(C#N)cc1F. The van der Waals surface area contributed by atoms with Crippen LogP contribution in [0, 0.1) is 23.0 Å². The lowest BCUT2D eigenvalue weighted by atomic mass is 10.1. The largest absolute Gasteiger partial charge is 0.366 e. The highest BCUT2D eigenvalue weighted by molar-refractivity contribution is 7.84. The van der Waals surface area contributed by atoms with Crippen molar-refractivity contribution in [2.45, 2.75) is 13.0 Å². The van der Waals surface area contributed by atoms with Gasteiger partial charge in [0.1, 0.15) is 5.69 Å². The molecule has 1 rings (SSSR count). The average Bonchev–Trinajstić information content (AvgIpc) is 2.26. The van der Waals surface area contributed by atoms with Crippen LogP contribution in [-0.4, -0.2) is 29.3 Å². The minimum absolute atomic E-state index is 0.0612. The minimum Gasteiger partial charge on any atom is -0.366 e. The Balaban J connectivity index is 3.10. The molecule has 0 spiro atoms. The Hall–Kier alpha value is -1.48. The van der Waals surface area contributed by atoms with Gasteiger partial charge in [-0.3, -0.25) is 4.21 Å². The van der Waals surface area contributed by atoms with E-state index < -0.39 is 22.4 Å². The predicted octanol–water partition coefficient (Wildman–Crippen LogP) is 2.04. The first kappa shape index (κ1) is 14.6. The molecular weight excluding hydrogens is 258 g/mol. The Kier molecular flexibility index (Phi) is 4.79. The third kappa shape index (κ3) is 3.26. The molecule has 1 aromatic carbocycles. The minimum atomic E-state index is -1.05. The maximum Gasteiger partial charge on any atom is 0.150 e. The van der Waals surface area contributed by atoms with Crippen molar-refractivity contribution in [3.05, 3.63) is 29.3 Å². The Morgan fingerprint density at radius 2 is 1.94 bits per heavy atom. The molecule has 0 unspecified atom stereocenters. The number of halogens is 2. The van der Waals surface area contributed by atoms with Gasteiger partial charge in [0.15, 0.2) is 11.6 Å². The maximum atomic E-state index is 13.7. The zero-order valence-electron chi connectivity index (χ0n) is 10.4. The summed E-state index contributed by atoms with van der Waals surface area (Å²) in [5, 5.41) is 8.61. The van der Waals surface area contributed by atoms with Crippen molar-refractivity contribution >= 4 is 16.5 Å². The molecule has 0 radical (unpaired) electrons. The van der Waals surface area contributed by atoms with Crippen LogP contribution >= 0.6 is 0 Å². The zero-order valence-corrected chi connectivity index (χ0v) is 11.2. The van der Waals surface area contributed by atoms with Crippen LogP contribution in [0.25, 0.3) is 0 Å². The summed E-state index contributed by atoms with van der Waals surface area (Å²) in [6.07, 6.45) is 1.54. The lowest BCUT2D eigenvalue weighted by molar-refractivity contribution is 0.567. The van der Waals surface area contributed by atoms with Crippen LogP contribution in [0.1, 0.15) is 12.5 Å². The normalized spacial score (nSPS) is 13.8. The molecule has 0 fully saturated rings. The number of nitriles is 1. The van der Waals surface area contributed by atoms with Gasteiger partial charge in [0, 0.05) is 35.9 Å². The summed E-state index contributed by atoms with van der Waals surface area (Å²) in [6.45, 7) is 1.73. The topological polar surface area (TPSA) is 44.1 Å². The summed E-state index contributed by atoms with van der Waals surface area (Å²) in [5.74, 6) is -1.26. The van der Waals surface area contributed by atoms with Crippen LogP contribution in [0.15, 0.2) is 12.1 Å². The van der Waals surface area contributed by atoms with Crippen molar-refractivity contribution in [2.75, 3.05) is 24.0 Å². The summed E-state index contributed by atoms with van der Waals surface area (Å²) < 4.78 is 38.6. The molecule has 98 valence electrons. The van der Waals surface area contributed by atoms with E-state index in [9.17, 15) is 13.0 Å². The molecule has 0 aliphatic rings. The van der Waals surface area contributed by atoms with E-state index in [1.165, 1.54) is 18.2 Å². The number of hydrogen-bond acceptors (Lipinski definition) is 3. The summed E-state index contributed by atoms with van der Waals surface area (Å²) in [6, 6.07) is 3.40. The lowest BCUT2D eigenvalue weighted by Crippen LogP contribution is -2.34. The smallest absolute Gasteiger partial charge is 0.150 e. The van der Waals surface area contributed by atoms with Crippen LogP contribution < -0.4 is 4.90 Å². The van der Waals surface area contributed by atoms with Gasteiger partial charge in [-0.25, -0.2) is 8.78 Å². The van der Waals surface area contributed by atoms with E-state index in [2.05, 4.69) is 0 Å². The summed E-state index contributed by atoms with van der Waals surface area (Å²) in [4.78, 5) is 1.40. The molecule has 6 heteroatoms. The molecule has 0 saturated heterocycles. The number of anilines is 1. The summed E-state index contributed by atoms with van der Waals surface area (Å²) >= 11 is 0. The monoisotopic (exact) mass is 272 g/mol. The van der Waals surface area contributed by atoms with Crippen LogP contribution in [0.2, 0.25) is 0 Å². The molecule has 3 nitrogen and oxygen atoms in total. The number of nitrogens with zero attached hydrogens (tertiary/aromatic N) is 2. The van der Waals surface area contributed by atoms with Crippen molar-refractivity contribution < 1.29 is 13.0 Å². The van der Waals surface area contributed by atoms with Gasteiger partial charge in [0.25, 0.3) is 0 Å². The van der Waals surface area contributed by atoms with Crippen molar-refractivity contribution in [1.82, 2.24) is 0 Å². The molecular formula is C12H14F2N2OS. The zero-order chi connectivity index (χ0) is 13.9. The highest BCUT2D eigenvalue weighted by Gasteiger charge is 2.20. The third-order valence-electron chi connectivity index (χ3n) is 2.64. The summed E-state index contributed by atoms with van der Waals surface area (Å²) in [5.41, 5.74) is -0.263.